The van der Waals surface area contributed by atoms with Crippen LogP contribution >= 0.6 is 11.6 Å². The molecule has 0 fully saturated rings. The third-order valence-electron chi connectivity index (χ3n) is 5.53. The number of nitrogens with one attached hydrogen (secondary N) is 1. The van der Waals surface area contributed by atoms with Crippen LogP contribution < -0.4 is 10.2 Å². The molecule has 0 bridgehead atoms. The van der Waals surface area contributed by atoms with Crippen molar-refractivity contribution in [3.8, 4) is 0 Å². The van der Waals surface area contributed by atoms with Gasteiger partial charge in [-0.25, -0.2) is 14.2 Å². The summed E-state index contributed by atoms with van der Waals surface area (Å²) >= 11 is 6.41. The van der Waals surface area contributed by atoms with Crippen molar-refractivity contribution in [3.63, 3.8) is 0 Å². The summed E-state index contributed by atoms with van der Waals surface area (Å²) in [5.74, 6) is -0.841. The van der Waals surface area contributed by atoms with Crippen molar-refractivity contribution in [2.24, 2.45) is 0 Å². The number of nitro benzene ring substituents is 1. The highest BCUT2D eigenvalue weighted by Gasteiger charge is 2.34. The maximum absolute atomic E-state index is 13.6. The smallest absolute Gasteiger partial charge is 0.416 e. The number of anilines is 1. The fourth-order valence-corrected chi connectivity index (χ4v) is 4.24. The summed E-state index contributed by atoms with van der Waals surface area (Å²) in [6.45, 7) is 7.28. The summed E-state index contributed by atoms with van der Waals surface area (Å²) in [5, 5.41) is 18.1. The Labute approximate surface area is 221 Å². The first-order chi connectivity index (χ1) is 17.8. The summed E-state index contributed by atoms with van der Waals surface area (Å²) in [4.78, 5) is 41.8. The van der Waals surface area contributed by atoms with Gasteiger partial charge in [-0.15, -0.1) is 0 Å². The second-order valence-corrected chi connectivity index (χ2v) is 10.2. The molecule has 4 rings (SSSR count). The van der Waals surface area contributed by atoms with Crippen LogP contribution in [0, 0.1) is 15.9 Å². The molecule has 0 saturated heterocycles. The number of hydrogen-bond acceptors (Lipinski definition) is 8. The van der Waals surface area contributed by atoms with Gasteiger partial charge in [-0.1, -0.05) is 11.6 Å². The minimum Gasteiger partial charge on any atom is -0.443 e. The van der Waals surface area contributed by atoms with E-state index in [1.54, 1.807) is 27.7 Å². The summed E-state index contributed by atoms with van der Waals surface area (Å²) in [6, 6.07) is 2.71. The van der Waals surface area contributed by atoms with Crippen LogP contribution in [0.5, 0.6) is 0 Å². The lowest BCUT2D eigenvalue weighted by Gasteiger charge is -2.24. The maximum Gasteiger partial charge on any atom is 0.416 e. The lowest BCUT2D eigenvalue weighted by Crippen LogP contribution is -2.36. The average molecular weight is 549 g/mol. The van der Waals surface area contributed by atoms with Gasteiger partial charge in [-0.2, -0.15) is 9.61 Å². The van der Waals surface area contributed by atoms with Crippen molar-refractivity contribution in [1.29, 1.82) is 0 Å². The van der Waals surface area contributed by atoms with E-state index in [2.05, 4.69) is 15.4 Å². The van der Waals surface area contributed by atoms with Crippen LogP contribution in [-0.4, -0.2) is 56.3 Å². The molecule has 38 heavy (non-hydrogen) atoms. The fourth-order valence-electron chi connectivity index (χ4n) is 3.98. The van der Waals surface area contributed by atoms with Crippen LogP contribution in [0.2, 0.25) is 5.15 Å². The molecule has 1 aliphatic rings. The molecule has 12 nitrogen and oxygen atoms in total. The number of non-ortho nitro benzene ring substituents is 1. The quantitative estimate of drug-likeness (QED) is 0.265. The first kappa shape index (κ1) is 27.2. The van der Waals surface area contributed by atoms with E-state index >= 15 is 0 Å². The van der Waals surface area contributed by atoms with Crippen LogP contribution in [0.3, 0.4) is 0 Å². The molecule has 1 atom stereocenters. The molecule has 0 spiro atoms. The average Bonchev–Trinajstić information content (AvgIpc) is 3.42. The van der Waals surface area contributed by atoms with Crippen LogP contribution in [0.15, 0.2) is 24.4 Å². The molecule has 0 saturated carbocycles. The van der Waals surface area contributed by atoms with E-state index in [0.29, 0.717) is 29.9 Å². The number of amides is 2. The number of halogens is 2. The van der Waals surface area contributed by atoms with Gasteiger partial charge in [-0.3, -0.25) is 19.8 Å². The first-order valence-electron chi connectivity index (χ1n) is 11.7. The monoisotopic (exact) mass is 548 g/mol. The zero-order chi connectivity index (χ0) is 27.8. The molecular weight excluding hydrogens is 523 g/mol. The molecular formula is C24H26ClFN6O6. The number of nitro groups is 1. The lowest BCUT2D eigenvalue weighted by atomic mass is 10.2. The molecule has 3 heterocycles. The molecule has 2 amide bonds. The van der Waals surface area contributed by atoms with E-state index in [0.717, 1.165) is 12.1 Å². The Morgan fingerprint density at radius 3 is 2.74 bits per heavy atom. The summed E-state index contributed by atoms with van der Waals surface area (Å²) in [5.41, 5.74) is 0.146. The number of nitrogens with zero attached hydrogens (tertiary/aromatic N) is 5. The first-order valence-corrected chi connectivity index (χ1v) is 12.1. The number of aromatic nitrogens is 3. The van der Waals surface area contributed by atoms with Crippen molar-refractivity contribution >= 4 is 40.8 Å². The lowest BCUT2D eigenvalue weighted by molar-refractivity contribution is -0.385. The van der Waals surface area contributed by atoms with Crippen molar-refractivity contribution in [2.45, 2.75) is 52.4 Å². The van der Waals surface area contributed by atoms with E-state index < -0.39 is 34.4 Å². The number of benzene rings is 1. The standard InChI is InChI=1S/C24H26ClFN6O6/c1-13(11-37-12-14-7-15(26)9-16(8-14)32(35)36)28-21(33)18-10-27-31-20(18)29-19(25)17-5-6-30(22(17)31)23(34)38-24(2,3)4/h7-10,13H,5-6,11-12H2,1-4H3,(H,28,33)/t13-/m1/s1. The number of carbonyl (C=O) groups is 2. The molecule has 2 aromatic heterocycles. The normalized spacial score (nSPS) is 13.9. The molecule has 1 aliphatic heterocycles. The SMILES string of the molecule is C[C@H](COCc1cc(F)cc([N+](=O)[O-])c1)NC(=O)c1cnn2c3c(c(Cl)nc12)CCN3C(=O)OC(C)(C)C. The Morgan fingerprint density at radius 1 is 1.32 bits per heavy atom. The topological polar surface area (TPSA) is 141 Å². The van der Waals surface area contributed by atoms with Gasteiger partial charge in [0, 0.05) is 24.2 Å². The molecule has 202 valence electrons. The van der Waals surface area contributed by atoms with Crippen LogP contribution in [0.1, 0.15) is 49.2 Å². The van der Waals surface area contributed by atoms with Gasteiger partial charge in [0.05, 0.1) is 30.4 Å². The summed E-state index contributed by atoms with van der Waals surface area (Å²) < 4.78 is 26.0. The summed E-state index contributed by atoms with van der Waals surface area (Å²) in [6.07, 6.45) is 1.23. The predicted octanol–water partition coefficient (Wildman–Crippen LogP) is 4.06. The van der Waals surface area contributed by atoms with Crippen molar-refractivity contribution in [1.82, 2.24) is 19.9 Å². The van der Waals surface area contributed by atoms with Gasteiger partial charge in [-0.05, 0) is 45.7 Å². The third kappa shape index (κ3) is 5.83. The van der Waals surface area contributed by atoms with Gasteiger partial charge in [0.15, 0.2) is 5.65 Å². The number of hydrogen-bond donors (Lipinski definition) is 1. The molecule has 14 heteroatoms. The Bertz CT molecular complexity index is 1420. The fraction of sp³-hybridized carbons (Fsp3) is 0.417. The van der Waals surface area contributed by atoms with E-state index in [9.17, 15) is 24.1 Å². The van der Waals surface area contributed by atoms with Gasteiger partial charge in [0.1, 0.15) is 28.0 Å². The predicted molar refractivity (Wildman–Crippen MR) is 135 cm³/mol. The Morgan fingerprint density at radius 2 is 2.05 bits per heavy atom. The van der Waals surface area contributed by atoms with Crippen molar-refractivity contribution < 1.29 is 28.4 Å². The summed E-state index contributed by atoms with van der Waals surface area (Å²) in [7, 11) is 0. The van der Waals surface area contributed by atoms with Crippen LogP contribution in [-0.2, 0) is 22.5 Å². The Hall–Kier alpha value is -3.84. The van der Waals surface area contributed by atoms with E-state index in [1.165, 1.54) is 21.7 Å². The molecule has 1 N–H and O–H groups in total. The third-order valence-corrected chi connectivity index (χ3v) is 5.85. The number of ether oxygens (including phenoxy) is 2. The zero-order valence-corrected chi connectivity index (χ0v) is 21.9. The molecule has 1 aromatic carbocycles. The van der Waals surface area contributed by atoms with Crippen molar-refractivity contribution in [3.05, 3.63) is 62.2 Å². The largest absolute Gasteiger partial charge is 0.443 e. The van der Waals surface area contributed by atoms with Gasteiger partial charge >= 0.3 is 6.09 Å². The number of rotatable bonds is 7. The highest BCUT2D eigenvalue weighted by atomic mass is 35.5. The number of carbonyl (C=O) groups excluding carboxylic acids is 2. The minimum atomic E-state index is -0.741. The zero-order valence-electron chi connectivity index (χ0n) is 21.2. The van der Waals surface area contributed by atoms with Crippen LogP contribution in [0.25, 0.3) is 5.65 Å². The van der Waals surface area contributed by atoms with Gasteiger partial charge < -0.3 is 14.8 Å². The highest BCUT2D eigenvalue weighted by molar-refractivity contribution is 6.31. The van der Waals surface area contributed by atoms with Gasteiger partial charge in [0.2, 0.25) is 0 Å². The van der Waals surface area contributed by atoms with E-state index in [4.69, 9.17) is 21.1 Å². The highest BCUT2D eigenvalue weighted by Crippen LogP contribution is 2.34. The Kier molecular flexibility index (Phi) is 7.51. The van der Waals surface area contributed by atoms with Gasteiger partial charge in [0.25, 0.3) is 11.6 Å². The van der Waals surface area contributed by atoms with E-state index in [-0.39, 0.29) is 35.3 Å². The second kappa shape index (κ2) is 10.5. The van der Waals surface area contributed by atoms with Crippen LogP contribution in [0.4, 0.5) is 20.7 Å². The Balaban J connectivity index is 1.46. The molecule has 0 aliphatic carbocycles. The molecule has 3 aromatic rings. The second-order valence-electron chi connectivity index (χ2n) is 9.84. The van der Waals surface area contributed by atoms with E-state index in [1.807, 2.05) is 0 Å². The van der Waals surface area contributed by atoms with Crippen molar-refractivity contribution in [2.75, 3.05) is 18.1 Å². The minimum absolute atomic E-state index is 0.0469. The molecule has 0 radical (unpaired) electrons. The molecule has 0 unspecified atom stereocenters. The number of fused-ring (bicyclic) bond motifs is 3. The maximum atomic E-state index is 13.6.